The van der Waals surface area contributed by atoms with Crippen molar-refractivity contribution in [3.05, 3.63) is 28.2 Å². The topological polar surface area (TPSA) is 55.4 Å². The van der Waals surface area contributed by atoms with Crippen LogP contribution in [0, 0.1) is 12.3 Å². The first-order valence-corrected chi connectivity index (χ1v) is 6.24. The highest BCUT2D eigenvalue weighted by atomic mass is 79.9. The fraction of sp³-hybridized carbons (Fsp3) is 0.385. The van der Waals surface area contributed by atoms with Gasteiger partial charge in [0.05, 0.1) is 12.8 Å². The number of hydrogen-bond donors (Lipinski definition) is 1. The lowest BCUT2D eigenvalue weighted by molar-refractivity contribution is -0.154. The molecule has 0 atom stereocenters. The molecule has 0 aliphatic carbocycles. The summed E-state index contributed by atoms with van der Waals surface area (Å²) in [6, 6.07) is 5.55. The SMILES string of the molecule is COC(=O)C(C)(C)C(=O)Nc1ccc(C)cc1Br. The second-order valence-electron chi connectivity index (χ2n) is 4.55. The Kier molecular flexibility index (Phi) is 4.51. The molecule has 0 heterocycles. The first-order valence-electron chi connectivity index (χ1n) is 5.45. The number of halogens is 1. The van der Waals surface area contributed by atoms with E-state index in [1.54, 1.807) is 6.07 Å². The van der Waals surface area contributed by atoms with Gasteiger partial charge in [0, 0.05) is 4.47 Å². The summed E-state index contributed by atoms with van der Waals surface area (Å²) in [7, 11) is 1.26. The number of hydrogen-bond acceptors (Lipinski definition) is 3. The van der Waals surface area contributed by atoms with E-state index < -0.39 is 17.3 Å². The number of carbonyl (C=O) groups excluding carboxylic acids is 2. The predicted molar refractivity (Wildman–Crippen MR) is 73.3 cm³/mol. The molecule has 1 amide bonds. The van der Waals surface area contributed by atoms with E-state index in [2.05, 4.69) is 26.0 Å². The summed E-state index contributed by atoms with van der Waals surface area (Å²) in [5.74, 6) is -0.970. The third-order valence-electron chi connectivity index (χ3n) is 2.64. The Labute approximate surface area is 115 Å². The molecule has 0 saturated heterocycles. The van der Waals surface area contributed by atoms with Gasteiger partial charge in [0.2, 0.25) is 5.91 Å². The van der Waals surface area contributed by atoms with Gasteiger partial charge >= 0.3 is 5.97 Å². The van der Waals surface area contributed by atoms with Crippen molar-refractivity contribution in [3.63, 3.8) is 0 Å². The number of anilines is 1. The molecule has 1 N–H and O–H groups in total. The summed E-state index contributed by atoms with van der Waals surface area (Å²) in [6.45, 7) is 5.00. The Balaban J connectivity index is 2.91. The highest BCUT2D eigenvalue weighted by Crippen LogP contribution is 2.26. The van der Waals surface area contributed by atoms with Crippen molar-refractivity contribution in [2.24, 2.45) is 5.41 Å². The second kappa shape index (κ2) is 5.52. The van der Waals surface area contributed by atoms with E-state index in [1.807, 2.05) is 19.1 Å². The Morgan fingerprint density at radius 1 is 1.33 bits per heavy atom. The fourth-order valence-corrected chi connectivity index (χ4v) is 1.94. The zero-order chi connectivity index (χ0) is 13.9. The van der Waals surface area contributed by atoms with Crippen LogP contribution in [0.3, 0.4) is 0 Å². The Morgan fingerprint density at radius 2 is 1.94 bits per heavy atom. The van der Waals surface area contributed by atoms with Crippen molar-refractivity contribution in [2.75, 3.05) is 12.4 Å². The number of amides is 1. The number of rotatable bonds is 3. The minimum Gasteiger partial charge on any atom is -0.468 e. The van der Waals surface area contributed by atoms with E-state index in [4.69, 9.17) is 0 Å². The first-order chi connectivity index (χ1) is 8.28. The van der Waals surface area contributed by atoms with Crippen molar-refractivity contribution in [1.29, 1.82) is 0 Å². The Hall–Kier alpha value is -1.36. The van der Waals surface area contributed by atoms with Crippen molar-refractivity contribution in [2.45, 2.75) is 20.8 Å². The molecule has 0 spiro atoms. The molecule has 4 nitrogen and oxygen atoms in total. The minimum absolute atomic E-state index is 0.404. The normalized spacial score (nSPS) is 10.9. The lowest BCUT2D eigenvalue weighted by Crippen LogP contribution is -2.38. The van der Waals surface area contributed by atoms with Crippen LogP contribution in [0.4, 0.5) is 5.69 Å². The highest BCUT2D eigenvalue weighted by molar-refractivity contribution is 9.10. The number of esters is 1. The molecule has 0 unspecified atom stereocenters. The third-order valence-corrected chi connectivity index (χ3v) is 3.29. The molecule has 0 aliphatic rings. The number of aryl methyl sites for hydroxylation is 1. The molecule has 5 heteroatoms. The van der Waals surface area contributed by atoms with Crippen LogP contribution < -0.4 is 5.32 Å². The molecular weight excluding hydrogens is 298 g/mol. The summed E-state index contributed by atoms with van der Waals surface area (Å²) in [5, 5.41) is 2.71. The van der Waals surface area contributed by atoms with E-state index in [0.717, 1.165) is 10.0 Å². The van der Waals surface area contributed by atoms with Crippen LogP contribution in [-0.4, -0.2) is 19.0 Å². The molecule has 0 aromatic heterocycles. The van der Waals surface area contributed by atoms with Crippen LogP contribution >= 0.6 is 15.9 Å². The standard InChI is InChI=1S/C13H16BrNO3/c1-8-5-6-10(9(14)7-8)15-11(16)13(2,3)12(17)18-4/h5-7H,1-4H3,(H,15,16). The number of nitrogens with one attached hydrogen (secondary N) is 1. The second-order valence-corrected chi connectivity index (χ2v) is 5.41. The van der Waals surface area contributed by atoms with E-state index in [1.165, 1.54) is 21.0 Å². The summed E-state index contributed by atoms with van der Waals surface area (Å²) in [4.78, 5) is 23.5. The highest BCUT2D eigenvalue weighted by Gasteiger charge is 2.37. The average molecular weight is 314 g/mol. The van der Waals surface area contributed by atoms with Gasteiger partial charge in [-0.05, 0) is 54.4 Å². The maximum atomic E-state index is 12.0. The van der Waals surface area contributed by atoms with Crippen molar-refractivity contribution in [3.8, 4) is 0 Å². The van der Waals surface area contributed by atoms with E-state index in [9.17, 15) is 9.59 Å². The largest absolute Gasteiger partial charge is 0.468 e. The van der Waals surface area contributed by atoms with Crippen LogP contribution in [0.15, 0.2) is 22.7 Å². The summed E-state index contributed by atoms with van der Waals surface area (Å²) in [6.07, 6.45) is 0. The van der Waals surface area contributed by atoms with Crippen LogP contribution in [-0.2, 0) is 14.3 Å². The average Bonchev–Trinajstić information content (AvgIpc) is 2.31. The molecular formula is C13H16BrNO3. The first kappa shape index (κ1) is 14.7. The molecule has 0 bridgehead atoms. The molecule has 98 valence electrons. The predicted octanol–water partition coefficient (Wildman–Crippen LogP) is 2.90. The number of ether oxygens (including phenoxy) is 1. The molecule has 0 aliphatic heterocycles. The lowest BCUT2D eigenvalue weighted by atomic mass is 9.92. The van der Waals surface area contributed by atoms with E-state index in [0.29, 0.717) is 5.69 Å². The van der Waals surface area contributed by atoms with Gasteiger partial charge in [-0.25, -0.2) is 0 Å². The summed E-state index contributed by atoms with van der Waals surface area (Å²) < 4.78 is 5.39. The van der Waals surface area contributed by atoms with Gasteiger partial charge in [-0.2, -0.15) is 0 Å². The number of methoxy groups -OCH3 is 1. The molecule has 1 aromatic rings. The third kappa shape index (κ3) is 3.10. The van der Waals surface area contributed by atoms with Crippen molar-refractivity contribution >= 4 is 33.5 Å². The quantitative estimate of drug-likeness (QED) is 0.689. The van der Waals surface area contributed by atoms with Gasteiger partial charge in [-0.3, -0.25) is 9.59 Å². The maximum Gasteiger partial charge on any atom is 0.320 e. The van der Waals surface area contributed by atoms with Crippen LogP contribution in [0.5, 0.6) is 0 Å². The zero-order valence-electron chi connectivity index (χ0n) is 10.8. The number of carbonyl (C=O) groups is 2. The van der Waals surface area contributed by atoms with E-state index >= 15 is 0 Å². The lowest BCUT2D eigenvalue weighted by Gasteiger charge is -2.21. The van der Waals surface area contributed by atoms with Crippen LogP contribution in [0.2, 0.25) is 0 Å². The van der Waals surface area contributed by atoms with E-state index in [-0.39, 0.29) is 0 Å². The molecule has 0 fully saturated rings. The van der Waals surface area contributed by atoms with Gasteiger partial charge in [-0.1, -0.05) is 6.07 Å². The molecule has 0 radical (unpaired) electrons. The molecule has 1 rings (SSSR count). The zero-order valence-corrected chi connectivity index (χ0v) is 12.4. The minimum atomic E-state index is -1.22. The molecule has 1 aromatic carbocycles. The maximum absolute atomic E-state index is 12.0. The monoisotopic (exact) mass is 313 g/mol. The fourth-order valence-electron chi connectivity index (χ4n) is 1.35. The molecule has 0 saturated carbocycles. The van der Waals surface area contributed by atoms with Gasteiger partial charge in [0.25, 0.3) is 0 Å². The summed E-state index contributed by atoms with van der Waals surface area (Å²) >= 11 is 3.37. The van der Waals surface area contributed by atoms with Gasteiger partial charge in [0.15, 0.2) is 0 Å². The Bertz CT molecular complexity index is 483. The molecule has 18 heavy (non-hydrogen) atoms. The van der Waals surface area contributed by atoms with Crippen LogP contribution in [0.25, 0.3) is 0 Å². The van der Waals surface area contributed by atoms with Crippen LogP contribution in [0.1, 0.15) is 19.4 Å². The van der Waals surface area contributed by atoms with Gasteiger partial charge in [-0.15, -0.1) is 0 Å². The summed E-state index contributed by atoms with van der Waals surface area (Å²) in [5.41, 5.74) is 0.480. The Morgan fingerprint density at radius 3 is 2.44 bits per heavy atom. The van der Waals surface area contributed by atoms with Crippen molar-refractivity contribution in [1.82, 2.24) is 0 Å². The van der Waals surface area contributed by atoms with Crippen molar-refractivity contribution < 1.29 is 14.3 Å². The number of benzene rings is 1. The van der Waals surface area contributed by atoms with Gasteiger partial charge < -0.3 is 10.1 Å². The smallest absolute Gasteiger partial charge is 0.320 e. The van der Waals surface area contributed by atoms with Gasteiger partial charge in [0.1, 0.15) is 5.41 Å².